The third kappa shape index (κ3) is 10.6. The second-order valence-electron chi connectivity index (χ2n) is 16.7. The molecule has 6 rings (SSSR count). The number of nitrogens with zero attached hydrogens (tertiary/aromatic N) is 7. The van der Waals surface area contributed by atoms with Crippen LogP contribution in [0.2, 0.25) is 0 Å². The maximum atomic E-state index is 14.2. The van der Waals surface area contributed by atoms with Crippen LogP contribution in [0, 0.1) is 11.8 Å². The Kier molecular flexibility index (Phi) is 13.1. The van der Waals surface area contributed by atoms with E-state index in [1.54, 1.807) is 58.2 Å². The molecule has 0 bridgehead atoms. The number of piperazine rings is 1. The number of imide groups is 1. The van der Waals surface area contributed by atoms with Crippen molar-refractivity contribution in [2.24, 2.45) is 7.05 Å². The van der Waals surface area contributed by atoms with Crippen molar-refractivity contribution in [1.82, 2.24) is 29.2 Å². The van der Waals surface area contributed by atoms with Gasteiger partial charge < -0.3 is 19.5 Å². The van der Waals surface area contributed by atoms with Crippen LogP contribution in [0.1, 0.15) is 85.4 Å². The zero-order chi connectivity index (χ0) is 44.4. The Morgan fingerprint density at radius 2 is 1.69 bits per heavy atom. The van der Waals surface area contributed by atoms with Crippen molar-refractivity contribution in [3.8, 4) is 23.2 Å². The lowest BCUT2D eigenvalue weighted by atomic mass is 10.0. The number of halogens is 3. The second-order valence-corrected chi connectivity index (χ2v) is 16.7. The highest BCUT2D eigenvalue weighted by atomic mass is 19.4. The molecule has 13 nitrogen and oxygen atoms in total. The SMILES string of the molecule is CC(=O)N(c1ncc(C#Cc2cccc(CC(=O)Nc3ccc(CN4CCN(C)CC4)c(C(F)(F)F)c3)c2)c(-c2cc3c(n2C)CCN(C(=O)OC(C)(C)C)C3=O)n1)C(C)C. The molecule has 1 saturated heterocycles. The van der Waals surface area contributed by atoms with Crippen molar-refractivity contribution in [3.05, 3.63) is 93.8 Å². The predicted octanol–water partition coefficient (Wildman–Crippen LogP) is 6.52. The number of aromatic nitrogens is 3. The average molecular weight is 841 g/mol. The number of carbonyl (C=O) groups is 4. The summed E-state index contributed by atoms with van der Waals surface area (Å²) in [5.74, 6) is 5.11. The first-order chi connectivity index (χ1) is 28.7. The van der Waals surface area contributed by atoms with E-state index < -0.39 is 35.2 Å². The van der Waals surface area contributed by atoms with E-state index in [-0.39, 0.29) is 48.7 Å². The maximum absolute atomic E-state index is 14.2. The van der Waals surface area contributed by atoms with Gasteiger partial charge in [-0.3, -0.25) is 24.2 Å². The Morgan fingerprint density at radius 1 is 0.967 bits per heavy atom. The number of nitrogens with one attached hydrogen (secondary N) is 1. The monoisotopic (exact) mass is 840 g/mol. The van der Waals surface area contributed by atoms with Crippen molar-refractivity contribution in [3.63, 3.8) is 0 Å². The summed E-state index contributed by atoms with van der Waals surface area (Å²) < 4.78 is 49.8. The van der Waals surface area contributed by atoms with E-state index >= 15 is 0 Å². The van der Waals surface area contributed by atoms with Crippen molar-refractivity contribution in [1.29, 1.82) is 0 Å². The van der Waals surface area contributed by atoms with Crippen molar-refractivity contribution >= 4 is 35.5 Å². The molecule has 0 unspecified atom stereocenters. The molecular formula is C45H51F3N8O5. The van der Waals surface area contributed by atoms with Crippen LogP contribution >= 0.6 is 0 Å². The minimum Gasteiger partial charge on any atom is -0.443 e. The Hall–Kier alpha value is -6.05. The number of fused-ring (bicyclic) bond motifs is 1. The summed E-state index contributed by atoms with van der Waals surface area (Å²) in [5.41, 5.74) is 1.99. The Bertz CT molecular complexity index is 2400. The number of benzene rings is 2. The molecular weight excluding hydrogens is 790 g/mol. The topological polar surface area (TPSA) is 133 Å². The van der Waals surface area contributed by atoms with Gasteiger partial charge in [-0.2, -0.15) is 13.2 Å². The van der Waals surface area contributed by atoms with Crippen LogP contribution in [0.3, 0.4) is 0 Å². The first-order valence-electron chi connectivity index (χ1n) is 20.1. The van der Waals surface area contributed by atoms with E-state index in [0.717, 1.165) is 24.1 Å². The number of likely N-dealkylation sites (N-methyl/N-ethyl adjacent to an activating group) is 1. The van der Waals surface area contributed by atoms with Gasteiger partial charge in [0.2, 0.25) is 17.8 Å². The molecule has 322 valence electrons. The van der Waals surface area contributed by atoms with E-state index in [1.807, 2.05) is 30.4 Å². The molecule has 0 radical (unpaired) electrons. The van der Waals surface area contributed by atoms with Crippen molar-refractivity contribution in [2.45, 2.75) is 78.7 Å². The van der Waals surface area contributed by atoms with E-state index in [0.29, 0.717) is 58.8 Å². The molecule has 2 aromatic heterocycles. The fraction of sp³-hybridized carbons (Fsp3) is 0.422. The van der Waals surface area contributed by atoms with Crippen molar-refractivity contribution < 1.29 is 37.1 Å². The van der Waals surface area contributed by atoms with E-state index in [2.05, 4.69) is 27.0 Å². The summed E-state index contributed by atoms with van der Waals surface area (Å²) in [7, 11) is 3.77. The average Bonchev–Trinajstić information content (AvgIpc) is 3.51. The molecule has 16 heteroatoms. The summed E-state index contributed by atoms with van der Waals surface area (Å²) in [4.78, 5) is 68.4. The third-order valence-electron chi connectivity index (χ3n) is 10.4. The standard InChI is InChI=1S/C45H51F3N8O5/c1-28(2)56(29(3)57)42-49-26-32(40(51-42)38-25-35-37(53(38)8)16-17-55(41(35)59)43(60)61-44(4,5)6)13-12-30-10-9-11-31(22-30)23-39(58)50-34-15-14-33(36(24-34)45(46,47)48)27-54-20-18-52(7)19-21-54/h9-11,14-15,22,24-26,28H,16-21,23,27H2,1-8H3,(H,50,58). The zero-order valence-corrected chi connectivity index (χ0v) is 35.7. The summed E-state index contributed by atoms with van der Waals surface area (Å²) in [6, 6.07) is 12.2. The molecule has 0 atom stereocenters. The van der Waals surface area contributed by atoms with Crippen LogP contribution in [0.15, 0.2) is 54.7 Å². The second kappa shape index (κ2) is 17.9. The summed E-state index contributed by atoms with van der Waals surface area (Å²) >= 11 is 0. The highest BCUT2D eigenvalue weighted by Crippen LogP contribution is 2.35. The first-order valence-corrected chi connectivity index (χ1v) is 20.1. The smallest absolute Gasteiger partial charge is 0.417 e. The van der Waals surface area contributed by atoms with Crippen LogP contribution < -0.4 is 10.2 Å². The number of rotatable bonds is 8. The molecule has 4 heterocycles. The van der Waals surface area contributed by atoms with Crippen molar-refractivity contribution in [2.75, 3.05) is 50.0 Å². The molecule has 0 spiro atoms. The van der Waals surface area contributed by atoms with Gasteiger partial charge in [-0.15, -0.1) is 0 Å². The summed E-state index contributed by atoms with van der Waals surface area (Å²) in [6.45, 7) is 13.5. The number of hydrogen-bond donors (Lipinski definition) is 1. The zero-order valence-electron chi connectivity index (χ0n) is 35.7. The molecule has 1 fully saturated rings. The van der Waals surface area contributed by atoms with Gasteiger partial charge in [0.25, 0.3) is 5.91 Å². The first kappa shape index (κ1) is 44.5. The van der Waals surface area contributed by atoms with Gasteiger partial charge in [0.05, 0.1) is 28.8 Å². The normalized spacial score (nSPS) is 15.0. The number of alkyl halides is 3. The molecule has 4 aromatic rings. The molecule has 4 amide bonds. The lowest BCUT2D eigenvalue weighted by Gasteiger charge is -2.33. The molecule has 0 saturated carbocycles. The fourth-order valence-electron chi connectivity index (χ4n) is 7.42. The van der Waals surface area contributed by atoms with Gasteiger partial charge in [-0.1, -0.05) is 30.0 Å². The van der Waals surface area contributed by atoms with Gasteiger partial charge in [0, 0.05) is 88.8 Å². The lowest BCUT2D eigenvalue weighted by molar-refractivity contribution is -0.138. The van der Waals surface area contributed by atoms with E-state index in [4.69, 9.17) is 9.72 Å². The van der Waals surface area contributed by atoms with Crippen LogP contribution in [0.4, 0.5) is 29.6 Å². The lowest BCUT2D eigenvalue weighted by Crippen LogP contribution is -2.44. The van der Waals surface area contributed by atoms with Crippen LogP contribution in [0.5, 0.6) is 0 Å². The Morgan fingerprint density at radius 3 is 2.34 bits per heavy atom. The van der Waals surface area contributed by atoms with E-state index in [9.17, 15) is 32.3 Å². The largest absolute Gasteiger partial charge is 0.443 e. The summed E-state index contributed by atoms with van der Waals surface area (Å²) in [5, 5.41) is 2.63. The van der Waals surface area contributed by atoms with Gasteiger partial charge in [-0.25, -0.2) is 19.7 Å². The molecule has 0 aliphatic carbocycles. The van der Waals surface area contributed by atoms with Gasteiger partial charge in [-0.05, 0) is 83.1 Å². The Labute approximate surface area is 353 Å². The van der Waals surface area contributed by atoms with E-state index in [1.165, 1.54) is 30.2 Å². The van der Waals surface area contributed by atoms with Crippen LogP contribution in [-0.4, -0.2) is 104 Å². The molecule has 1 N–H and O–H groups in total. The fourth-order valence-corrected chi connectivity index (χ4v) is 7.42. The highest BCUT2D eigenvalue weighted by molar-refractivity contribution is 6.05. The van der Waals surface area contributed by atoms with Crippen LogP contribution in [-0.2, 0) is 46.9 Å². The Balaban J connectivity index is 1.26. The highest BCUT2D eigenvalue weighted by Gasteiger charge is 2.36. The third-order valence-corrected chi connectivity index (χ3v) is 10.4. The minimum atomic E-state index is -4.60. The molecule has 2 aromatic carbocycles. The van der Waals surface area contributed by atoms with Crippen LogP contribution in [0.25, 0.3) is 11.4 Å². The van der Waals surface area contributed by atoms with Gasteiger partial charge in [0.15, 0.2) is 0 Å². The molecule has 61 heavy (non-hydrogen) atoms. The number of hydrogen-bond acceptors (Lipinski definition) is 9. The number of carbonyl (C=O) groups excluding carboxylic acids is 4. The maximum Gasteiger partial charge on any atom is 0.417 e. The minimum absolute atomic E-state index is 0.0498. The number of amides is 4. The van der Waals surface area contributed by atoms with Gasteiger partial charge in [0.1, 0.15) is 11.3 Å². The molecule has 2 aliphatic rings. The predicted molar refractivity (Wildman–Crippen MR) is 225 cm³/mol. The van der Waals surface area contributed by atoms with Gasteiger partial charge >= 0.3 is 12.3 Å². The summed E-state index contributed by atoms with van der Waals surface area (Å²) in [6.07, 6.45) is -3.58. The number of anilines is 2. The number of ether oxygens (including phenoxy) is 1. The quantitative estimate of drug-likeness (QED) is 0.197. The molecule has 2 aliphatic heterocycles.